The van der Waals surface area contributed by atoms with Crippen LogP contribution in [0.5, 0.6) is 0 Å². The SMILES string of the molecule is NC(=O)c1cc(-c2ccccc2)nc(N2CCCC2)n1. The third-order valence-electron chi connectivity index (χ3n) is 3.43. The molecule has 0 unspecified atom stereocenters. The van der Waals surface area contributed by atoms with E-state index in [1.54, 1.807) is 6.07 Å². The topological polar surface area (TPSA) is 72.1 Å². The Morgan fingerprint density at radius 2 is 1.80 bits per heavy atom. The molecule has 2 N–H and O–H groups in total. The number of carbonyl (C=O) groups is 1. The van der Waals surface area contributed by atoms with Gasteiger partial charge in [0.15, 0.2) is 0 Å². The van der Waals surface area contributed by atoms with E-state index >= 15 is 0 Å². The van der Waals surface area contributed by atoms with Gasteiger partial charge in [-0.3, -0.25) is 4.79 Å². The molecular weight excluding hydrogens is 252 g/mol. The Kier molecular flexibility index (Phi) is 3.33. The summed E-state index contributed by atoms with van der Waals surface area (Å²) in [4.78, 5) is 22.4. The molecule has 1 saturated heterocycles. The van der Waals surface area contributed by atoms with E-state index in [0.717, 1.165) is 37.2 Å². The molecule has 102 valence electrons. The average molecular weight is 268 g/mol. The molecule has 20 heavy (non-hydrogen) atoms. The van der Waals surface area contributed by atoms with Crippen LogP contribution in [0.2, 0.25) is 0 Å². The second-order valence-electron chi connectivity index (χ2n) is 4.86. The van der Waals surface area contributed by atoms with Crippen molar-refractivity contribution in [3.05, 3.63) is 42.1 Å². The Hall–Kier alpha value is -2.43. The maximum atomic E-state index is 11.5. The first-order valence-corrected chi connectivity index (χ1v) is 6.73. The smallest absolute Gasteiger partial charge is 0.267 e. The molecule has 1 aromatic carbocycles. The first-order chi connectivity index (χ1) is 9.74. The second kappa shape index (κ2) is 5.28. The number of amides is 1. The zero-order chi connectivity index (χ0) is 13.9. The minimum atomic E-state index is -0.523. The lowest BCUT2D eigenvalue weighted by Crippen LogP contribution is -2.23. The van der Waals surface area contributed by atoms with Crippen molar-refractivity contribution in [3.8, 4) is 11.3 Å². The van der Waals surface area contributed by atoms with Crippen molar-refractivity contribution >= 4 is 11.9 Å². The Bertz CT molecular complexity index is 621. The van der Waals surface area contributed by atoms with Gasteiger partial charge in [0.05, 0.1) is 5.69 Å². The Morgan fingerprint density at radius 1 is 1.10 bits per heavy atom. The van der Waals surface area contributed by atoms with Gasteiger partial charge in [-0.05, 0) is 18.9 Å². The Morgan fingerprint density at radius 3 is 2.45 bits per heavy atom. The number of benzene rings is 1. The molecule has 0 bridgehead atoms. The first-order valence-electron chi connectivity index (χ1n) is 6.73. The van der Waals surface area contributed by atoms with Crippen molar-refractivity contribution in [3.63, 3.8) is 0 Å². The molecule has 0 spiro atoms. The van der Waals surface area contributed by atoms with Gasteiger partial charge in [0.25, 0.3) is 5.91 Å². The number of hydrogen-bond donors (Lipinski definition) is 1. The van der Waals surface area contributed by atoms with Crippen LogP contribution in [0.4, 0.5) is 5.95 Å². The summed E-state index contributed by atoms with van der Waals surface area (Å²) in [5.41, 5.74) is 7.33. The van der Waals surface area contributed by atoms with Crippen LogP contribution in [0.15, 0.2) is 36.4 Å². The van der Waals surface area contributed by atoms with Crippen molar-refractivity contribution in [1.82, 2.24) is 9.97 Å². The summed E-state index contributed by atoms with van der Waals surface area (Å²) < 4.78 is 0. The fourth-order valence-electron chi connectivity index (χ4n) is 2.38. The third kappa shape index (κ3) is 2.47. The molecule has 2 heterocycles. The number of carbonyl (C=O) groups excluding carboxylic acids is 1. The van der Waals surface area contributed by atoms with E-state index in [-0.39, 0.29) is 5.69 Å². The Balaban J connectivity index is 2.07. The number of aromatic nitrogens is 2. The highest BCUT2D eigenvalue weighted by Gasteiger charge is 2.18. The van der Waals surface area contributed by atoms with Gasteiger partial charge in [0.2, 0.25) is 5.95 Å². The lowest BCUT2D eigenvalue weighted by Gasteiger charge is -2.16. The van der Waals surface area contributed by atoms with E-state index in [9.17, 15) is 4.79 Å². The third-order valence-corrected chi connectivity index (χ3v) is 3.43. The van der Waals surface area contributed by atoms with E-state index < -0.39 is 5.91 Å². The van der Waals surface area contributed by atoms with Gasteiger partial charge in [-0.15, -0.1) is 0 Å². The van der Waals surface area contributed by atoms with E-state index in [1.807, 2.05) is 30.3 Å². The zero-order valence-corrected chi connectivity index (χ0v) is 11.1. The van der Waals surface area contributed by atoms with Crippen molar-refractivity contribution in [2.24, 2.45) is 5.73 Å². The van der Waals surface area contributed by atoms with Crippen LogP contribution in [0.25, 0.3) is 11.3 Å². The number of primary amides is 1. The molecule has 1 amide bonds. The van der Waals surface area contributed by atoms with E-state index in [1.165, 1.54) is 0 Å². The van der Waals surface area contributed by atoms with Gasteiger partial charge < -0.3 is 10.6 Å². The maximum Gasteiger partial charge on any atom is 0.267 e. The summed E-state index contributed by atoms with van der Waals surface area (Å²) in [6.07, 6.45) is 2.26. The van der Waals surface area contributed by atoms with Gasteiger partial charge in [-0.1, -0.05) is 30.3 Å². The zero-order valence-electron chi connectivity index (χ0n) is 11.1. The number of hydrogen-bond acceptors (Lipinski definition) is 4. The molecule has 2 aromatic rings. The molecule has 1 aliphatic heterocycles. The Labute approximate surface area is 117 Å². The van der Waals surface area contributed by atoms with E-state index in [0.29, 0.717) is 5.95 Å². The fraction of sp³-hybridized carbons (Fsp3) is 0.267. The van der Waals surface area contributed by atoms with Gasteiger partial charge in [0.1, 0.15) is 5.69 Å². The predicted molar refractivity (Wildman–Crippen MR) is 77.4 cm³/mol. The van der Waals surface area contributed by atoms with Crippen molar-refractivity contribution < 1.29 is 4.79 Å². The van der Waals surface area contributed by atoms with Crippen LogP contribution in [0.1, 0.15) is 23.3 Å². The molecule has 1 fully saturated rings. The summed E-state index contributed by atoms with van der Waals surface area (Å²) in [5.74, 6) is 0.0719. The molecule has 0 atom stereocenters. The number of anilines is 1. The molecule has 0 aliphatic carbocycles. The monoisotopic (exact) mass is 268 g/mol. The second-order valence-corrected chi connectivity index (χ2v) is 4.86. The van der Waals surface area contributed by atoms with Crippen molar-refractivity contribution in [2.75, 3.05) is 18.0 Å². The molecule has 3 rings (SSSR count). The minimum absolute atomic E-state index is 0.265. The summed E-state index contributed by atoms with van der Waals surface area (Å²) >= 11 is 0. The molecule has 1 aromatic heterocycles. The first kappa shape index (κ1) is 12.6. The average Bonchev–Trinajstić information content (AvgIpc) is 3.02. The number of rotatable bonds is 3. The molecule has 0 radical (unpaired) electrons. The molecule has 1 aliphatic rings. The van der Waals surface area contributed by atoms with Gasteiger partial charge in [-0.25, -0.2) is 9.97 Å². The van der Waals surface area contributed by atoms with Crippen LogP contribution in [-0.4, -0.2) is 29.0 Å². The van der Waals surface area contributed by atoms with Crippen LogP contribution < -0.4 is 10.6 Å². The summed E-state index contributed by atoms with van der Waals surface area (Å²) in [5, 5.41) is 0. The predicted octanol–water partition coefficient (Wildman–Crippen LogP) is 1.84. The van der Waals surface area contributed by atoms with Crippen molar-refractivity contribution in [2.45, 2.75) is 12.8 Å². The summed E-state index contributed by atoms with van der Waals surface area (Å²) in [7, 11) is 0. The van der Waals surface area contributed by atoms with Crippen LogP contribution in [-0.2, 0) is 0 Å². The lowest BCUT2D eigenvalue weighted by molar-refractivity contribution is 0.0995. The van der Waals surface area contributed by atoms with Gasteiger partial charge in [0, 0.05) is 18.7 Å². The van der Waals surface area contributed by atoms with Crippen molar-refractivity contribution in [1.29, 1.82) is 0 Å². The van der Waals surface area contributed by atoms with Crippen LogP contribution in [0, 0.1) is 0 Å². The lowest BCUT2D eigenvalue weighted by atomic mass is 10.1. The van der Waals surface area contributed by atoms with Crippen LogP contribution in [0.3, 0.4) is 0 Å². The summed E-state index contributed by atoms with van der Waals surface area (Å²) in [6, 6.07) is 11.4. The number of nitrogens with two attached hydrogens (primary N) is 1. The normalized spacial score (nSPS) is 14.5. The molecule has 5 nitrogen and oxygen atoms in total. The van der Waals surface area contributed by atoms with E-state index in [4.69, 9.17) is 5.73 Å². The highest BCUT2D eigenvalue weighted by atomic mass is 16.1. The quantitative estimate of drug-likeness (QED) is 0.922. The fourth-order valence-corrected chi connectivity index (χ4v) is 2.38. The van der Waals surface area contributed by atoms with Gasteiger partial charge in [-0.2, -0.15) is 0 Å². The highest BCUT2D eigenvalue weighted by Crippen LogP contribution is 2.22. The standard InChI is InChI=1S/C15H16N4O/c16-14(20)13-10-12(11-6-2-1-3-7-11)17-15(18-13)19-8-4-5-9-19/h1-3,6-7,10H,4-5,8-9H2,(H2,16,20). The van der Waals surface area contributed by atoms with E-state index in [2.05, 4.69) is 14.9 Å². The summed E-state index contributed by atoms with van der Waals surface area (Å²) in [6.45, 7) is 1.85. The molecular formula is C15H16N4O. The molecule has 0 saturated carbocycles. The maximum absolute atomic E-state index is 11.5. The minimum Gasteiger partial charge on any atom is -0.364 e. The largest absolute Gasteiger partial charge is 0.364 e. The van der Waals surface area contributed by atoms with Crippen LogP contribution >= 0.6 is 0 Å². The van der Waals surface area contributed by atoms with Gasteiger partial charge >= 0.3 is 0 Å². The highest BCUT2D eigenvalue weighted by molar-refractivity contribution is 5.92. The molecule has 5 heteroatoms. The number of nitrogens with zero attached hydrogens (tertiary/aromatic N) is 3.